The maximum atomic E-state index is 12.4. The standard InChI is InChI=1S/C20H18N4O2/c1-14(25)16-3-2-4-18(11-16)24-20(26)19-12-17(7-10-22-19)23-13-15-5-8-21-9-6-15/h2-12H,13H2,1H3,(H,22,23)(H,24,26). The number of hydrogen-bond acceptors (Lipinski definition) is 5. The lowest BCUT2D eigenvalue weighted by Gasteiger charge is -2.09. The molecule has 3 aromatic rings. The predicted octanol–water partition coefficient (Wildman–Crippen LogP) is 3.54. The van der Waals surface area contributed by atoms with Gasteiger partial charge in [0.15, 0.2) is 5.78 Å². The molecule has 3 rings (SSSR count). The Morgan fingerprint density at radius 1 is 0.962 bits per heavy atom. The maximum absolute atomic E-state index is 12.4. The van der Waals surface area contributed by atoms with Crippen molar-refractivity contribution in [1.82, 2.24) is 9.97 Å². The van der Waals surface area contributed by atoms with Crippen molar-refractivity contribution < 1.29 is 9.59 Å². The fraction of sp³-hybridized carbons (Fsp3) is 0.100. The molecule has 0 saturated carbocycles. The van der Waals surface area contributed by atoms with E-state index in [1.54, 1.807) is 55.0 Å². The molecule has 2 heterocycles. The van der Waals surface area contributed by atoms with Crippen molar-refractivity contribution in [2.75, 3.05) is 10.6 Å². The van der Waals surface area contributed by atoms with E-state index in [2.05, 4.69) is 20.6 Å². The molecule has 1 aromatic carbocycles. The van der Waals surface area contributed by atoms with Crippen LogP contribution in [-0.4, -0.2) is 21.7 Å². The number of benzene rings is 1. The molecule has 0 aliphatic heterocycles. The van der Waals surface area contributed by atoms with Gasteiger partial charge in [-0.05, 0) is 48.9 Å². The number of nitrogens with one attached hydrogen (secondary N) is 2. The monoisotopic (exact) mass is 346 g/mol. The normalized spacial score (nSPS) is 10.2. The average molecular weight is 346 g/mol. The maximum Gasteiger partial charge on any atom is 0.274 e. The first-order valence-corrected chi connectivity index (χ1v) is 8.13. The summed E-state index contributed by atoms with van der Waals surface area (Å²) in [6.45, 7) is 2.11. The van der Waals surface area contributed by atoms with Crippen molar-refractivity contribution in [2.24, 2.45) is 0 Å². The minimum Gasteiger partial charge on any atom is -0.381 e. The molecule has 0 aliphatic rings. The van der Waals surface area contributed by atoms with Crippen LogP contribution in [-0.2, 0) is 6.54 Å². The van der Waals surface area contributed by atoms with Crippen molar-refractivity contribution in [3.8, 4) is 0 Å². The number of nitrogens with zero attached hydrogens (tertiary/aromatic N) is 2. The molecule has 0 bridgehead atoms. The third-order valence-corrected chi connectivity index (χ3v) is 3.77. The Morgan fingerprint density at radius 2 is 1.77 bits per heavy atom. The molecule has 6 heteroatoms. The third kappa shape index (κ3) is 4.51. The Balaban J connectivity index is 1.68. The van der Waals surface area contributed by atoms with Crippen LogP contribution >= 0.6 is 0 Å². The second-order valence-corrected chi connectivity index (χ2v) is 5.73. The van der Waals surface area contributed by atoms with Crippen molar-refractivity contribution in [1.29, 1.82) is 0 Å². The molecule has 0 spiro atoms. The first-order valence-electron chi connectivity index (χ1n) is 8.13. The fourth-order valence-electron chi connectivity index (χ4n) is 2.38. The van der Waals surface area contributed by atoms with E-state index in [1.165, 1.54) is 6.92 Å². The summed E-state index contributed by atoms with van der Waals surface area (Å²) in [6.07, 6.45) is 5.05. The molecule has 2 aromatic heterocycles. The van der Waals surface area contributed by atoms with E-state index in [1.807, 2.05) is 12.1 Å². The van der Waals surface area contributed by atoms with Gasteiger partial charge in [0, 0.05) is 42.1 Å². The lowest BCUT2D eigenvalue weighted by Crippen LogP contribution is -2.14. The van der Waals surface area contributed by atoms with Gasteiger partial charge in [0.25, 0.3) is 5.91 Å². The van der Waals surface area contributed by atoms with Gasteiger partial charge in [-0.2, -0.15) is 0 Å². The van der Waals surface area contributed by atoms with E-state index in [-0.39, 0.29) is 17.4 Å². The third-order valence-electron chi connectivity index (χ3n) is 3.77. The summed E-state index contributed by atoms with van der Waals surface area (Å²) in [5.41, 5.74) is 3.27. The lowest BCUT2D eigenvalue weighted by atomic mass is 10.1. The quantitative estimate of drug-likeness (QED) is 0.667. The van der Waals surface area contributed by atoms with Crippen LogP contribution in [0.5, 0.6) is 0 Å². The van der Waals surface area contributed by atoms with Crippen molar-refractivity contribution in [2.45, 2.75) is 13.5 Å². The highest BCUT2D eigenvalue weighted by molar-refractivity contribution is 6.04. The minimum absolute atomic E-state index is 0.0541. The summed E-state index contributed by atoms with van der Waals surface area (Å²) >= 11 is 0. The Labute approximate surface area is 151 Å². The van der Waals surface area contributed by atoms with Crippen molar-refractivity contribution >= 4 is 23.1 Å². The number of ketones is 1. The van der Waals surface area contributed by atoms with E-state index in [4.69, 9.17) is 0 Å². The molecule has 0 unspecified atom stereocenters. The van der Waals surface area contributed by atoms with Gasteiger partial charge in [-0.25, -0.2) is 0 Å². The second-order valence-electron chi connectivity index (χ2n) is 5.73. The van der Waals surface area contributed by atoms with Crippen LogP contribution in [0, 0.1) is 0 Å². The zero-order valence-electron chi connectivity index (χ0n) is 14.3. The number of aromatic nitrogens is 2. The van der Waals surface area contributed by atoms with E-state index >= 15 is 0 Å². The molecule has 2 N–H and O–H groups in total. The number of hydrogen-bond donors (Lipinski definition) is 2. The van der Waals surface area contributed by atoms with E-state index < -0.39 is 0 Å². The number of rotatable bonds is 6. The highest BCUT2D eigenvalue weighted by Crippen LogP contribution is 2.14. The Hall–Kier alpha value is -3.54. The van der Waals surface area contributed by atoms with E-state index in [0.717, 1.165) is 11.3 Å². The van der Waals surface area contributed by atoms with Crippen LogP contribution in [0.3, 0.4) is 0 Å². The van der Waals surface area contributed by atoms with Gasteiger partial charge < -0.3 is 10.6 Å². The minimum atomic E-state index is -0.335. The molecule has 0 saturated heterocycles. The molecular weight excluding hydrogens is 328 g/mol. The van der Waals surface area contributed by atoms with Crippen LogP contribution in [0.4, 0.5) is 11.4 Å². The number of Topliss-reactive ketones (excluding diaryl/α,β-unsaturated/α-hetero) is 1. The molecule has 6 nitrogen and oxygen atoms in total. The summed E-state index contributed by atoms with van der Waals surface area (Å²) in [6, 6.07) is 14.1. The molecule has 0 radical (unpaired) electrons. The van der Waals surface area contributed by atoms with Gasteiger partial charge in [0.05, 0.1) is 0 Å². The number of pyridine rings is 2. The van der Waals surface area contributed by atoms with Crippen LogP contribution in [0.15, 0.2) is 67.1 Å². The Morgan fingerprint density at radius 3 is 2.54 bits per heavy atom. The van der Waals surface area contributed by atoms with Crippen molar-refractivity contribution in [3.63, 3.8) is 0 Å². The number of carbonyl (C=O) groups is 2. The van der Waals surface area contributed by atoms with E-state index in [0.29, 0.717) is 17.8 Å². The first kappa shape index (κ1) is 17.3. The summed E-state index contributed by atoms with van der Waals surface area (Å²) in [5, 5.41) is 6.02. The molecular formula is C20H18N4O2. The SMILES string of the molecule is CC(=O)c1cccc(NC(=O)c2cc(NCc3ccncc3)ccn2)c1. The molecule has 0 fully saturated rings. The highest BCUT2D eigenvalue weighted by atomic mass is 16.2. The van der Waals surface area contributed by atoms with Crippen LogP contribution < -0.4 is 10.6 Å². The zero-order valence-corrected chi connectivity index (χ0v) is 14.3. The number of anilines is 2. The number of amides is 1. The van der Waals surface area contributed by atoms with Crippen LogP contribution in [0.2, 0.25) is 0 Å². The fourth-order valence-corrected chi connectivity index (χ4v) is 2.38. The zero-order chi connectivity index (χ0) is 18.4. The summed E-state index contributed by atoms with van der Waals surface area (Å²) in [4.78, 5) is 32.0. The smallest absolute Gasteiger partial charge is 0.274 e. The van der Waals surface area contributed by atoms with Gasteiger partial charge in [0.2, 0.25) is 0 Å². The van der Waals surface area contributed by atoms with Gasteiger partial charge in [0.1, 0.15) is 5.69 Å². The average Bonchev–Trinajstić information content (AvgIpc) is 2.67. The van der Waals surface area contributed by atoms with Gasteiger partial charge in [-0.15, -0.1) is 0 Å². The molecule has 26 heavy (non-hydrogen) atoms. The topological polar surface area (TPSA) is 84.0 Å². The van der Waals surface area contributed by atoms with Crippen LogP contribution in [0.1, 0.15) is 33.3 Å². The van der Waals surface area contributed by atoms with Crippen molar-refractivity contribution in [3.05, 3.63) is 83.9 Å². The van der Waals surface area contributed by atoms with Gasteiger partial charge >= 0.3 is 0 Å². The largest absolute Gasteiger partial charge is 0.381 e. The van der Waals surface area contributed by atoms with Crippen LogP contribution in [0.25, 0.3) is 0 Å². The Kier molecular flexibility index (Phi) is 5.34. The van der Waals surface area contributed by atoms with E-state index in [9.17, 15) is 9.59 Å². The molecule has 0 atom stereocenters. The second kappa shape index (κ2) is 8.02. The molecule has 130 valence electrons. The first-order chi connectivity index (χ1) is 12.6. The molecule has 0 aliphatic carbocycles. The predicted molar refractivity (Wildman–Crippen MR) is 100 cm³/mol. The van der Waals surface area contributed by atoms with Gasteiger partial charge in [-0.1, -0.05) is 12.1 Å². The molecule has 1 amide bonds. The Bertz CT molecular complexity index is 926. The summed E-state index contributed by atoms with van der Waals surface area (Å²) in [7, 11) is 0. The van der Waals surface area contributed by atoms with Gasteiger partial charge in [-0.3, -0.25) is 19.6 Å². The lowest BCUT2D eigenvalue weighted by molar-refractivity contribution is 0.100. The summed E-state index contributed by atoms with van der Waals surface area (Å²) in [5.74, 6) is -0.389. The summed E-state index contributed by atoms with van der Waals surface area (Å²) < 4.78 is 0. The highest BCUT2D eigenvalue weighted by Gasteiger charge is 2.09. The number of carbonyl (C=O) groups excluding carboxylic acids is 2.